The van der Waals surface area contributed by atoms with Crippen molar-refractivity contribution in [2.24, 2.45) is 11.8 Å². The molecular formula is C16H30. The van der Waals surface area contributed by atoms with Crippen molar-refractivity contribution in [2.45, 2.75) is 77.6 Å². The van der Waals surface area contributed by atoms with Crippen molar-refractivity contribution in [3.05, 3.63) is 12.7 Å². The van der Waals surface area contributed by atoms with E-state index in [2.05, 4.69) is 19.6 Å². The van der Waals surface area contributed by atoms with E-state index >= 15 is 0 Å². The highest BCUT2D eigenvalue weighted by atomic mass is 14.4. The van der Waals surface area contributed by atoms with Crippen molar-refractivity contribution in [1.82, 2.24) is 0 Å². The molecule has 1 saturated carbocycles. The molecule has 0 bridgehead atoms. The minimum absolute atomic E-state index is 1.02. The van der Waals surface area contributed by atoms with Crippen molar-refractivity contribution in [1.29, 1.82) is 0 Å². The molecule has 0 radical (unpaired) electrons. The zero-order valence-corrected chi connectivity index (χ0v) is 11.2. The first kappa shape index (κ1) is 13.8. The third-order valence-electron chi connectivity index (χ3n) is 3.97. The fraction of sp³-hybridized carbons (Fsp3) is 0.875. The summed E-state index contributed by atoms with van der Waals surface area (Å²) in [4.78, 5) is 0. The monoisotopic (exact) mass is 222 g/mol. The molecule has 0 heterocycles. The molecule has 16 heavy (non-hydrogen) atoms. The number of hydrogen-bond acceptors (Lipinski definition) is 0. The average Bonchev–Trinajstić information content (AvgIpc) is 3.01. The third-order valence-corrected chi connectivity index (χ3v) is 3.97. The van der Waals surface area contributed by atoms with Crippen LogP contribution >= 0.6 is 0 Å². The predicted octanol–water partition coefficient (Wildman–Crippen LogP) is 5.73. The molecule has 1 aliphatic carbocycles. The van der Waals surface area contributed by atoms with Gasteiger partial charge < -0.3 is 0 Å². The average molecular weight is 222 g/mol. The fourth-order valence-electron chi connectivity index (χ4n) is 2.71. The van der Waals surface area contributed by atoms with E-state index in [9.17, 15) is 0 Å². The molecule has 0 spiro atoms. The van der Waals surface area contributed by atoms with Gasteiger partial charge in [0.15, 0.2) is 0 Å². The van der Waals surface area contributed by atoms with Gasteiger partial charge >= 0.3 is 0 Å². The number of hydrogen-bond donors (Lipinski definition) is 0. The second-order valence-electron chi connectivity index (χ2n) is 5.54. The van der Waals surface area contributed by atoms with Crippen LogP contribution in [0.15, 0.2) is 12.7 Å². The van der Waals surface area contributed by atoms with E-state index in [4.69, 9.17) is 0 Å². The highest BCUT2D eigenvalue weighted by molar-refractivity contribution is 4.90. The van der Waals surface area contributed by atoms with E-state index in [0.717, 1.165) is 11.8 Å². The van der Waals surface area contributed by atoms with Crippen LogP contribution in [0.5, 0.6) is 0 Å². The van der Waals surface area contributed by atoms with Gasteiger partial charge in [-0.3, -0.25) is 0 Å². The molecule has 0 amide bonds. The van der Waals surface area contributed by atoms with Crippen LogP contribution < -0.4 is 0 Å². The molecule has 1 rings (SSSR count). The Bertz CT molecular complexity index is 171. The van der Waals surface area contributed by atoms with Gasteiger partial charge in [0.25, 0.3) is 0 Å². The largest absolute Gasteiger partial charge is 0.103 e. The van der Waals surface area contributed by atoms with Gasteiger partial charge in [0.05, 0.1) is 0 Å². The molecule has 0 aromatic carbocycles. The van der Waals surface area contributed by atoms with Gasteiger partial charge in [0.1, 0.15) is 0 Å². The first-order valence-corrected chi connectivity index (χ1v) is 7.49. The molecule has 0 unspecified atom stereocenters. The lowest BCUT2D eigenvalue weighted by Crippen LogP contribution is -1.84. The summed E-state index contributed by atoms with van der Waals surface area (Å²) in [6.07, 6.45) is 18.0. The number of unbranched alkanes of at least 4 members (excludes halogenated alkanes) is 7. The zero-order chi connectivity index (χ0) is 11.6. The molecule has 0 saturated heterocycles. The molecule has 0 aromatic rings. The van der Waals surface area contributed by atoms with E-state index in [1.165, 1.54) is 70.6 Å². The van der Waals surface area contributed by atoms with Gasteiger partial charge in [-0.1, -0.05) is 70.8 Å². The summed E-state index contributed by atoms with van der Waals surface area (Å²) in [5, 5.41) is 0. The maximum absolute atomic E-state index is 3.82. The topological polar surface area (TPSA) is 0 Å². The lowest BCUT2D eigenvalue weighted by atomic mass is 10.1. The summed E-state index contributed by atoms with van der Waals surface area (Å²) in [5.74, 6) is 2.08. The second-order valence-corrected chi connectivity index (χ2v) is 5.54. The SMILES string of the molecule is C=CC[C@H]1C[C@@H]1CCCCCCCCCC. The molecule has 0 nitrogen and oxygen atoms in total. The molecule has 0 N–H and O–H groups in total. The van der Waals surface area contributed by atoms with Gasteiger partial charge in [-0.25, -0.2) is 0 Å². The third kappa shape index (κ3) is 6.35. The van der Waals surface area contributed by atoms with Crippen LogP contribution in [0.2, 0.25) is 0 Å². The predicted molar refractivity (Wildman–Crippen MR) is 73.6 cm³/mol. The van der Waals surface area contributed by atoms with Crippen LogP contribution in [0.4, 0.5) is 0 Å². The summed E-state index contributed by atoms with van der Waals surface area (Å²) in [7, 11) is 0. The molecular weight excluding hydrogens is 192 g/mol. The first-order chi connectivity index (χ1) is 7.88. The van der Waals surface area contributed by atoms with E-state index in [-0.39, 0.29) is 0 Å². The second kappa shape index (κ2) is 8.84. The Morgan fingerprint density at radius 3 is 2.19 bits per heavy atom. The lowest BCUT2D eigenvalue weighted by Gasteiger charge is -2.01. The minimum Gasteiger partial charge on any atom is -0.103 e. The maximum atomic E-state index is 3.82. The fourth-order valence-corrected chi connectivity index (χ4v) is 2.71. The van der Waals surface area contributed by atoms with Gasteiger partial charge in [-0.2, -0.15) is 0 Å². The van der Waals surface area contributed by atoms with E-state index in [1.54, 1.807) is 0 Å². The zero-order valence-electron chi connectivity index (χ0n) is 11.2. The van der Waals surface area contributed by atoms with Crippen LogP contribution in [0.25, 0.3) is 0 Å². The van der Waals surface area contributed by atoms with Crippen LogP contribution in [0, 0.1) is 11.8 Å². The van der Waals surface area contributed by atoms with Crippen LogP contribution in [-0.2, 0) is 0 Å². The number of allylic oxidation sites excluding steroid dienone is 1. The van der Waals surface area contributed by atoms with Gasteiger partial charge in [-0.15, -0.1) is 6.58 Å². The van der Waals surface area contributed by atoms with Crippen molar-refractivity contribution < 1.29 is 0 Å². The van der Waals surface area contributed by atoms with E-state index < -0.39 is 0 Å². The van der Waals surface area contributed by atoms with Crippen LogP contribution in [0.1, 0.15) is 77.6 Å². The van der Waals surface area contributed by atoms with Gasteiger partial charge in [0, 0.05) is 0 Å². The molecule has 0 heteroatoms. The quantitative estimate of drug-likeness (QED) is 0.309. The molecule has 0 aromatic heterocycles. The minimum atomic E-state index is 1.02. The van der Waals surface area contributed by atoms with Crippen LogP contribution in [-0.4, -0.2) is 0 Å². The first-order valence-electron chi connectivity index (χ1n) is 7.49. The smallest absolute Gasteiger partial charge is 0.0322 e. The molecule has 2 atom stereocenters. The standard InChI is InChI=1S/C16H30/c1-3-5-6-7-8-9-10-11-13-16-14-15(16)12-4-2/h4,15-16H,2-3,5-14H2,1H3/t15-,16-/m0/s1. The molecule has 1 fully saturated rings. The highest BCUT2D eigenvalue weighted by Crippen LogP contribution is 2.44. The Hall–Kier alpha value is -0.260. The Balaban J connectivity index is 1.74. The Kier molecular flexibility index (Phi) is 7.63. The normalized spacial score (nSPS) is 23.3. The summed E-state index contributed by atoms with van der Waals surface area (Å²) in [6, 6.07) is 0. The van der Waals surface area contributed by atoms with Crippen molar-refractivity contribution >= 4 is 0 Å². The lowest BCUT2D eigenvalue weighted by molar-refractivity contribution is 0.538. The molecule has 94 valence electrons. The summed E-state index contributed by atoms with van der Waals surface area (Å²) >= 11 is 0. The Labute approximate surface area is 103 Å². The van der Waals surface area contributed by atoms with Crippen molar-refractivity contribution in [3.8, 4) is 0 Å². The number of rotatable bonds is 11. The van der Waals surface area contributed by atoms with Crippen molar-refractivity contribution in [2.75, 3.05) is 0 Å². The maximum Gasteiger partial charge on any atom is -0.0322 e. The van der Waals surface area contributed by atoms with Gasteiger partial charge in [-0.05, 0) is 24.7 Å². The van der Waals surface area contributed by atoms with Gasteiger partial charge in [0.2, 0.25) is 0 Å². The molecule has 0 aliphatic heterocycles. The molecule has 1 aliphatic rings. The Morgan fingerprint density at radius 1 is 0.938 bits per heavy atom. The van der Waals surface area contributed by atoms with E-state index in [1.807, 2.05) is 0 Å². The van der Waals surface area contributed by atoms with E-state index in [0.29, 0.717) is 0 Å². The summed E-state index contributed by atoms with van der Waals surface area (Å²) in [6.45, 7) is 6.11. The van der Waals surface area contributed by atoms with Crippen molar-refractivity contribution in [3.63, 3.8) is 0 Å². The summed E-state index contributed by atoms with van der Waals surface area (Å²) < 4.78 is 0. The Morgan fingerprint density at radius 2 is 1.56 bits per heavy atom. The summed E-state index contributed by atoms with van der Waals surface area (Å²) in [5.41, 5.74) is 0. The van der Waals surface area contributed by atoms with Crippen LogP contribution in [0.3, 0.4) is 0 Å². The highest BCUT2D eigenvalue weighted by Gasteiger charge is 2.34.